The predicted octanol–water partition coefficient (Wildman–Crippen LogP) is 2.63. The van der Waals surface area contributed by atoms with Crippen LogP contribution in [0.25, 0.3) is 45.6 Å². The van der Waals surface area contributed by atoms with Gasteiger partial charge in [0, 0.05) is 0 Å². The third-order valence-electron chi connectivity index (χ3n) is 4.96. The molecule has 0 aliphatic carbocycles. The molecule has 7 rings (SSSR count). The molecule has 0 unspecified atom stereocenters. The summed E-state index contributed by atoms with van der Waals surface area (Å²) in [7, 11) is 0. The number of nitrogens with zero attached hydrogens (tertiary/aromatic N) is 4. The van der Waals surface area contributed by atoms with Gasteiger partial charge in [0.05, 0.1) is 0 Å². The van der Waals surface area contributed by atoms with Crippen molar-refractivity contribution < 1.29 is 56.3 Å². The van der Waals surface area contributed by atoms with E-state index in [-0.39, 0.29) is 0 Å². The van der Waals surface area contributed by atoms with E-state index in [1.165, 1.54) is 0 Å². The zero-order valence-electron chi connectivity index (χ0n) is 19.3. The first-order valence-electron chi connectivity index (χ1n) is 10.7. The molecule has 0 atom stereocenters. The van der Waals surface area contributed by atoms with Crippen molar-refractivity contribution in [2.45, 2.75) is 0 Å². The minimum absolute atomic E-state index is 0.977. The van der Waals surface area contributed by atoms with Gasteiger partial charge in [0.15, 0.2) is 0 Å². The Balaban J connectivity index is 0.000000132. The second kappa shape index (κ2) is 13.7. The molecule has 14 heteroatoms. The molecule has 0 radical (unpaired) electrons. The average molecular weight is 655 g/mol. The molecular formula is C24H18N4O7SeV2-4. The Labute approximate surface area is 232 Å². The molecule has 5 aliphatic heterocycles. The Bertz CT molecular complexity index is 1440. The van der Waals surface area contributed by atoms with Gasteiger partial charge in [-0.1, -0.05) is 72.9 Å². The maximum absolute atomic E-state index is 9.73. The van der Waals surface area contributed by atoms with Crippen LogP contribution in [0, 0.1) is 0 Å². The topological polar surface area (TPSA) is 167 Å². The molecule has 0 amide bonds. The Morgan fingerprint density at radius 2 is 0.789 bits per heavy atom. The van der Waals surface area contributed by atoms with Crippen LogP contribution in [-0.4, -0.2) is 22.9 Å². The summed E-state index contributed by atoms with van der Waals surface area (Å²) in [6.45, 7) is 0. The average Bonchev–Trinajstić information content (AvgIpc) is 2.93. The molecular weight excluding hydrogens is 637 g/mol. The van der Waals surface area contributed by atoms with Gasteiger partial charge in [-0.3, -0.25) is 0 Å². The van der Waals surface area contributed by atoms with E-state index in [0.29, 0.717) is 0 Å². The zero-order chi connectivity index (χ0) is 26.9. The van der Waals surface area contributed by atoms with Gasteiger partial charge in [-0.25, -0.2) is 0 Å². The van der Waals surface area contributed by atoms with E-state index in [2.05, 4.69) is 75.0 Å². The van der Waals surface area contributed by atoms with Crippen molar-refractivity contribution in [1.29, 1.82) is 0 Å². The quantitative estimate of drug-likeness (QED) is 0.412. The fraction of sp³-hybridized carbons (Fsp3) is 0. The molecule has 0 spiro atoms. The number of allylic oxidation sites excluding steroid dienone is 4. The summed E-state index contributed by atoms with van der Waals surface area (Å²) >= 11 is -8.45. The standard InChI is InChI=1S/2C12H8N2.H2O3Se.4O.2V/c2*1-3-9-5-6-10-4-2-8-14-12(10)11(9)13-7-1;1-4(2)3;;;;;;/h2*1-8H;(H2,1,2,3);;;;;;/q2*-2;;;;;;;. The first-order valence-corrected chi connectivity index (χ1v) is 16.3. The van der Waals surface area contributed by atoms with Crippen molar-refractivity contribution in [2.24, 2.45) is 0 Å². The van der Waals surface area contributed by atoms with Crippen molar-refractivity contribution in [1.82, 2.24) is 0 Å². The summed E-state index contributed by atoms with van der Waals surface area (Å²) < 4.78 is 50.8. The Hall–Kier alpha value is -2.99. The summed E-state index contributed by atoms with van der Waals surface area (Å²) in [4.78, 5) is 0. The van der Waals surface area contributed by atoms with Crippen molar-refractivity contribution >= 4 is 61.5 Å². The van der Waals surface area contributed by atoms with Gasteiger partial charge in [0.1, 0.15) is 0 Å². The van der Waals surface area contributed by atoms with E-state index >= 15 is 0 Å². The maximum atomic E-state index is 9.73. The van der Waals surface area contributed by atoms with Crippen molar-refractivity contribution in [2.75, 3.05) is 0 Å². The van der Waals surface area contributed by atoms with Gasteiger partial charge in [0.2, 0.25) is 0 Å². The van der Waals surface area contributed by atoms with Gasteiger partial charge < -0.3 is 21.3 Å². The van der Waals surface area contributed by atoms with Crippen LogP contribution in [0.15, 0.2) is 73.4 Å². The van der Waals surface area contributed by atoms with Crippen LogP contribution in [0.2, 0.25) is 0 Å². The monoisotopic (exact) mass is 656 g/mol. The number of fused-ring (bicyclic) bond motifs is 6. The molecule has 5 heterocycles. The molecule has 1 saturated heterocycles. The SMILES string of the molecule is C1=C[N-]c2c3c(ccc2=C1)=CC=C[N-]3.C1=C[N-]c2c3c(ccc2=C1)=CC=C[N-]3.O=[Se](O)O.[O]=[V]1[O][V](=[O])[O]1. The van der Waals surface area contributed by atoms with Crippen molar-refractivity contribution in [3.8, 4) is 0 Å². The zero-order valence-corrected chi connectivity index (χ0v) is 23.8. The van der Waals surface area contributed by atoms with Crippen LogP contribution in [0.1, 0.15) is 0 Å². The molecule has 0 bridgehead atoms. The third kappa shape index (κ3) is 7.53. The van der Waals surface area contributed by atoms with Gasteiger partial charge in [-0.05, 0) is 20.9 Å². The fourth-order valence-electron chi connectivity index (χ4n) is 3.47. The molecule has 0 aromatic heterocycles. The normalized spacial score (nSPS) is 15.6. The van der Waals surface area contributed by atoms with Crippen LogP contribution in [0.5, 0.6) is 0 Å². The van der Waals surface area contributed by atoms with Crippen LogP contribution in [0.3, 0.4) is 0 Å². The van der Waals surface area contributed by atoms with Gasteiger partial charge in [0.25, 0.3) is 0 Å². The van der Waals surface area contributed by atoms with Crippen LogP contribution in [-0.2, 0) is 48.0 Å². The molecule has 196 valence electrons. The first-order chi connectivity index (χ1) is 18.4. The van der Waals surface area contributed by atoms with E-state index in [0.717, 1.165) is 43.6 Å². The number of rotatable bonds is 0. The Morgan fingerprint density at radius 3 is 0.974 bits per heavy atom. The Morgan fingerprint density at radius 1 is 0.553 bits per heavy atom. The second-order valence-electron chi connectivity index (χ2n) is 7.27. The van der Waals surface area contributed by atoms with Gasteiger partial charge in [-0.15, -0.1) is 22.7 Å². The van der Waals surface area contributed by atoms with Crippen LogP contribution in [0.4, 0.5) is 22.7 Å². The van der Waals surface area contributed by atoms with Crippen molar-refractivity contribution in [3.63, 3.8) is 0 Å². The molecule has 5 aliphatic rings. The fourth-order valence-corrected chi connectivity index (χ4v) is 5.31. The van der Waals surface area contributed by atoms with Crippen molar-refractivity contribution in [3.05, 3.63) is 116 Å². The minimum atomic E-state index is -3.29. The molecule has 0 saturated carbocycles. The molecule has 11 nitrogen and oxygen atoms in total. The van der Waals surface area contributed by atoms with E-state index in [1.54, 1.807) is 24.8 Å². The van der Waals surface area contributed by atoms with E-state index < -0.39 is 46.1 Å². The van der Waals surface area contributed by atoms with E-state index in [4.69, 9.17) is 12.2 Å². The van der Waals surface area contributed by atoms with Gasteiger partial charge in [-0.2, -0.15) is 24.8 Å². The Kier molecular flexibility index (Phi) is 10.1. The summed E-state index contributed by atoms with van der Waals surface area (Å²) in [5.41, 5.74) is 3.91. The second-order valence-corrected chi connectivity index (χ2v) is 12.3. The first kappa shape index (κ1) is 28.0. The number of hydrogen-bond donors (Lipinski definition) is 2. The molecule has 2 aromatic rings. The predicted molar refractivity (Wildman–Crippen MR) is 132 cm³/mol. The van der Waals surface area contributed by atoms with E-state index in [1.807, 2.05) is 24.3 Å². The molecule has 2 N–H and O–H groups in total. The van der Waals surface area contributed by atoms with Crippen LogP contribution >= 0.6 is 0 Å². The van der Waals surface area contributed by atoms with Crippen LogP contribution < -0.4 is 20.9 Å². The van der Waals surface area contributed by atoms with Gasteiger partial charge >= 0.3 is 70.8 Å². The molecule has 2 aromatic carbocycles. The number of hydrogen-bond acceptors (Lipinski definition) is 5. The third-order valence-corrected chi connectivity index (χ3v) is 9.22. The van der Waals surface area contributed by atoms with E-state index in [9.17, 15) is 7.35 Å². The summed E-state index contributed by atoms with van der Waals surface area (Å²) in [6, 6.07) is 8.30. The molecule has 1 fully saturated rings. The summed E-state index contributed by atoms with van der Waals surface area (Å²) in [6.07, 6.45) is 23.2. The molecule has 38 heavy (non-hydrogen) atoms. The summed E-state index contributed by atoms with van der Waals surface area (Å²) in [5, 5.41) is 21.9. The summed E-state index contributed by atoms with van der Waals surface area (Å²) in [5.74, 6) is 0. The number of benzene rings is 2.